The van der Waals surface area contributed by atoms with E-state index in [-0.39, 0.29) is 11.9 Å². The Labute approximate surface area is 129 Å². The van der Waals surface area contributed by atoms with E-state index in [0.717, 1.165) is 23.4 Å². The third-order valence-corrected chi connectivity index (χ3v) is 3.31. The lowest BCUT2D eigenvalue weighted by Crippen LogP contribution is -2.18. The number of halogens is 2. The Kier molecular flexibility index (Phi) is 5.45. The van der Waals surface area contributed by atoms with Crippen molar-refractivity contribution in [3.63, 3.8) is 0 Å². The van der Waals surface area contributed by atoms with E-state index in [1.54, 1.807) is 18.2 Å². The summed E-state index contributed by atoms with van der Waals surface area (Å²) in [7, 11) is 0. The van der Waals surface area contributed by atoms with Crippen LogP contribution >= 0.6 is 11.6 Å². The zero-order valence-electron chi connectivity index (χ0n) is 12.2. The summed E-state index contributed by atoms with van der Waals surface area (Å²) >= 11 is 6.04. The molecule has 0 aliphatic rings. The summed E-state index contributed by atoms with van der Waals surface area (Å²) in [5.74, 6) is 0.561. The minimum absolute atomic E-state index is 0.129. The van der Waals surface area contributed by atoms with Crippen molar-refractivity contribution in [2.75, 3.05) is 11.9 Å². The van der Waals surface area contributed by atoms with Gasteiger partial charge in [-0.2, -0.15) is 0 Å². The van der Waals surface area contributed by atoms with Crippen LogP contribution < -0.4 is 10.1 Å². The Morgan fingerprint density at radius 3 is 2.76 bits per heavy atom. The topological polar surface area (TPSA) is 21.3 Å². The summed E-state index contributed by atoms with van der Waals surface area (Å²) in [5.41, 5.74) is 1.81. The molecule has 0 saturated carbocycles. The van der Waals surface area contributed by atoms with Gasteiger partial charge in [0.1, 0.15) is 11.6 Å². The molecule has 0 aliphatic heterocycles. The van der Waals surface area contributed by atoms with E-state index in [2.05, 4.69) is 5.32 Å². The van der Waals surface area contributed by atoms with E-state index in [0.29, 0.717) is 11.6 Å². The van der Waals surface area contributed by atoms with E-state index in [4.69, 9.17) is 16.3 Å². The van der Waals surface area contributed by atoms with Gasteiger partial charge in [0.2, 0.25) is 0 Å². The van der Waals surface area contributed by atoms with Gasteiger partial charge in [0, 0.05) is 11.1 Å². The lowest BCUT2D eigenvalue weighted by Gasteiger charge is -2.18. The Balaban J connectivity index is 2.08. The van der Waals surface area contributed by atoms with Crippen molar-refractivity contribution in [1.29, 1.82) is 0 Å². The van der Waals surface area contributed by atoms with Crippen molar-refractivity contribution < 1.29 is 9.13 Å². The fourth-order valence-corrected chi connectivity index (χ4v) is 2.40. The molecule has 0 saturated heterocycles. The maximum Gasteiger partial charge on any atom is 0.142 e. The van der Waals surface area contributed by atoms with Crippen molar-refractivity contribution in [3.05, 3.63) is 58.9 Å². The fraction of sp³-hybridized carbons (Fsp3) is 0.294. The molecule has 1 unspecified atom stereocenters. The normalized spacial score (nSPS) is 12.0. The quantitative estimate of drug-likeness (QED) is 0.817. The third-order valence-electron chi connectivity index (χ3n) is 3.07. The Morgan fingerprint density at radius 2 is 2.05 bits per heavy atom. The van der Waals surface area contributed by atoms with Gasteiger partial charge in [-0.3, -0.25) is 0 Å². The van der Waals surface area contributed by atoms with Gasteiger partial charge in [-0.15, -0.1) is 0 Å². The van der Waals surface area contributed by atoms with Gasteiger partial charge in [-0.25, -0.2) is 4.39 Å². The van der Waals surface area contributed by atoms with Gasteiger partial charge < -0.3 is 10.1 Å². The van der Waals surface area contributed by atoms with Crippen LogP contribution in [0, 0.1) is 5.82 Å². The number of nitrogens with one attached hydrogen (secondary N) is 1. The molecule has 0 amide bonds. The zero-order chi connectivity index (χ0) is 15.2. The molecule has 0 spiro atoms. The number of rotatable bonds is 6. The predicted molar refractivity (Wildman–Crippen MR) is 85.8 cm³/mol. The lowest BCUT2D eigenvalue weighted by atomic mass is 10.1. The minimum Gasteiger partial charge on any atom is -0.492 e. The zero-order valence-corrected chi connectivity index (χ0v) is 13.0. The first kappa shape index (κ1) is 15.6. The Morgan fingerprint density at radius 1 is 1.24 bits per heavy atom. The molecule has 2 aromatic rings. The first-order valence-corrected chi connectivity index (χ1v) is 7.39. The van der Waals surface area contributed by atoms with Crippen LogP contribution in [0.5, 0.6) is 5.75 Å². The van der Waals surface area contributed by atoms with Gasteiger partial charge in [-0.1, -0.05) is 23.7 Å². The van der Waals surface area contributed by atoms with Crippen LogP contribution in [0.1, 0.15) is 19.4 Å². The Hall–Kier alpha value is -1.74. The first-order chi connectivity index (χ1) is 10.1. The highest BCUT2D eigenvalue weighted by molar-refractivity contribution is 6.30. The largest absolute Gasteiger partial charge is 0.492 e. The van der Waals surface area contributed by atoms with Crippen molar-refractivity contribution in [3.8, 4) is 5.75 Å². The summed E-state index contributed by atoms with van der Waals surface area (Å²) in [4.78, 5) is 0. The van der Waals surface area contributed by atoms with Crippen molar-refractivity contribution >= 4 is 17.3 Å². The third kappa shape index (κ3) is 4.64. The van der Waals surface area contributed by atoms with E-state index in [1.807, 2.05) is 32.0 Å². The molecule has 1 N–H and O–H groups in total. The smallest absolute Gasteiger partial charge is 0.142 e. The summed E-state index contributed by atoms with van der Waals surface area (Å²) in [6, 6.07) is 12.3. The SMILES string of the molecule is CCOc1ccc(Cl)cc1NC(C)Cc1cccc(F)c1. The van der Waals surface area contributed by atoms with Gasteiger partial charge in [0.15, 0.2) is 0 Å². The molecular weight excluding hydrogens is 289 g/mol. The number of hydrogen-bond acceptors (Lipinski definition) is 2. The van der Waals surface area contributed by atoms with Gasteiger partial charge in [0.25, 0.3) is 0 Å². The highest BCUT2D eigenvalue weighted by Gasteiger charge is 2.09. The standard InChI is InChI=1S/C17H19ClFNO/c1-3-21-17-8-7-14(18)11-16(17)20-12(2)9-13-5-4-6-15(19)10-13/h4-8,10-12,20H,3,9H2,1-2H3. The molecule has 0 bridgehead atoms. The van der Waals surface area contributed by atoms with Crippen LogP contribution in [0.15, 0.2) is 42.5 Å². The van der Waals surface area contributed by atoms with Crippen LogP contribution in [-0.4, -0.2) is 12.6 Å². The maximum absolute atomic E-state index is 13.2. The Bertz CT molecular complexity index is 603. The van der Waals surface area contributed by atoms with E-state index in [1.165, 1.54) is 6.07 Å². The number of hydrogen-bond donors (Lipinski definition) is 1. The summed E-state index contributed by atoms with van der Waals surface area (Å²) in [6.45, 7) is 4.57. The number of ether oxygens (including phenoxy) is 1. The number of anilines is 1. The molecule has 21 heavy (non-hydrogen) atoms. The van der Waals surface area contributed by atoms with Gasteiger partial charge >= 0.3 is 0 Å². The highest BCUT2D eigenvalue weighted by atomic mass is 35.5. The molecule has 2 rings (SSSR count). The lowest BCUT2D eigenvalue weighted by molar-refractivity contribution is 0.341. The molecular formula is C17H19ClFNO. The molecule has 1 atom stereocenters. The molecule has 0 aliphatic carbocycles. The average Bonchev–Trinajstić information content (AvgIpc) is 2.42. The second-order valence-electron chi connectivity index (χ2n) is 4.95. The van der Waals surface area contributed by atoms with Crippen molar-refractivity contribution in [2.24, 2.45) is 0 Å². The summed E-state index contributed by atoms with van der Waals surface area (Å²) < 4.78 is 18.8. The highest BCUT2D eigenvalue weighted by Crippen LogP contribution is 2.29. The van der Waals surface area contributed by atoms with E-state index in [9.17, 15) is 4.39 Å². The van der Waals surface area contributed by atoms with Gasteiger partial charge in [0.05, 0.1) is 12.3 Å². The van der Waals surface area contributed by atoms with Gasteiger partial charge in [-0.05, 0) is 56.2 Å². The monoisotopic (exact) mass is 307 g/mol. The van der Waals surface area contributed by atoms with Crippen molar-refractivity contribution in [2.45, 2.75) is 26.3 Å². The molecule has 0 fully saturated rings. The summed E-state index contributed by atoms with van der Waals surface area (Å²) in [6.07, 6.45) is 0.718. The molecule has 2 aromatic carbocycles. The summed E-state index contributed by atoms with van der Waals surface area (Å²) in [5, 5.41) is 4.02. The fourth-order valence-electron chi connectivity index (χ4n) is 2.23. The minimum atomic E-state index is -0.211. The van der Waals surface area contributed by atoms with Crippen LogP contribution in [0.3, 0.4) is 0 Å². The van der Waals surface area contributed by atoms with Crippen LogP contribution in [0.25, 0.3) is 0 Å². The first-order valence-electron chi connectivity index (χ1n) is 7.02. The van der Waals surface area contributed by atoms with Crippen LogP contribution in [-0.2, 0) is 6.42 Å². The van der Waals surface area contributed by atoms with Crippen molar-refractivity contribution in [1.82, 2.24) is 0 Å². The second-order valence-corrected chi connectivity index (χ2v) is 5.39. The second kappa shape index (κ2) is 7.32. The van der Waals surface area contributed by atoms with E-state index < -0.39 is 0 Å². The molecule has 4 heteroatoms. The molecule has 0 heterocycles. The molecule has 0 aromatic heterocycles. The predicted octanol–water partition coefficient (Wildman–Crippen LogP) is 4.92. The molecule has 112 valence electrons. The van der Waals surface area contributed by atoms with Crippen LogP contribution in [0.2, 0.25) is 5.02 Å². The molecule has 0 radical (unpaired) electrons. The molecule has 2 nitrogen and oxygen atoms in total. The van der Waals surface area contributed by atoms with Crippen LogP contribution in [0.4, 0.5) is 10.1 Å². The average molecular weight is 308 g/mol. The maximum atomic E-state index is 13.2. The van der Waals surface area contributed by atoms with E-state index >= 15 is 0 Å². The number of benzene rings is 2.